The Morgan fingerprint density at radius 2 is 1.71 bits per heavy atom. The molecule has 0 spiro atoms. The molecular weight excluding hydrogens is 302 g/mol. The van der Waals surface area contributed by atoms with Gasteiger partial charge >= 0.3 is 0 Å². The maximum Gasteiger partial charge on any atom is 0.227 e. The molecule has 1 atom stereocenters. The van der Waals surface area contributed by atoms with E-state index in [0.29, 0.717) is 11.4 Å². The molecule has 0 N–H and O–H groups in total. The van der Waals surface area contributed by atoms with Crippen molar-refractivity contribution in [3.8, 4) is 0 Å². The molecule has 2 nitrogen and oxygen atoms in total. The van der Waals surface area contributed by atoms with Gasteiger partial charge < -0.3 is 4.90 Å². The quantitative estimate of drug-likeness (QED) is 0.829. The zero-order valence-electron chi connectivity index (χ0n) is 12.1. The van der Waals surface area contributed by atoms with Gasteiger partial charge in [-0.15, -0.1) is 12.6 Å². The Morgan fingerprint density at radius 3 is 2.29 bits per heavy atom. The summed E-state index contributed by atoms with van der Waals surface area (Å²) in [6, 6.07) is 15.3. The molecule has 2 rings (SSSR count). The second kappa shape index (κ2) is 7.01. The Hall–Kier alpha value is -1.45. The van der Waals surface area contributed by atoms with Crippen molar-refractivity contribution in [2.45, 2.75) is 24.3 Å². The molecule has 0 aliphatic rings. The topological polar surface area (TPSA) is 20.3 Å². The number of benzene rings is 2. The van der Waals surface area contributed by atoms with Gasteiger partial charge in [-0.25, -0.2) is 0 Å². The first-order chi connectivity index (χ1) is 9.97. The lowest BCUT2D eigenvalue weighted by Gasteiger charge is -2.25. The first-order valence-corrected chi connectivity index (χ1v) is 7.59. The molecule has 0 aromatic heterocycles. The summed E-state index contributed by atoms with van der Waals surface area (Å²) in [4.78, 5) is 15.0. The molecule has 2 aromatic carbocycles. The van der Waals surface area contributed by atoms with Gasteiger partial charge in [-0.2, -0.15) is 0 Å². The van der Waals surface area contributed by atoms with Gasteiger partial charge in [-0.1, -0.05) is 35.9 Å². The molecule has 0 aliphatic carbocycles. The number of hydrogen-bond donors (Lipinski definition) is 1. The summed E-state index contributed by atoms with van der Waals surface area (Å²) < 4.78 is 0. The standard InChI is InChI=1S/C17H18ClNOS/c1-12(14-5-7-15(18)8-6-14)19(2)17(20)11-13-3-9-16(21)10-4-13/h3-10,12,21H,11H2,1-2H3. The van der Waals surface area contributed by atoms with Crippen LogP contribution in [-0.2, 0) is 11.2 Å². The molecule has 1 unspecified atom stereocenters. The van der Waals surface area contributed by atoms with E-state index >= 15 is 0 Å². The average Bonchev–Trinajstić information content (AvgIpc) is 2.49. The minimum absolute atomic E-state index is 0.0129. The fourth-order valence-corrected chi connectivity index (χ4v) is 2.37. The number of carbonyl (C=O) groups is 1. The van der Waals surface area contributed by atoms with Gasteiger partial charge in [0.15, 0.2) is 0 Å². The van der Waals surface area contributed by atoms with E-state index in [2.05, 4.69) is 12.6 Å². The molecule has 0 aliphatic heterocycles. The number of thiol groups is 1. The zero-order chi connectivity index (χ0) is 15.4. The Morgan fingerprint density at radius 1 is 1.14 bits per heavy atom. The predicted octanol–water partition coefficient (Wildman–Crippen LogP) is 4.39. The predicted molar refractivity (Wildman–Crippen MR) is 90.0 cm³/mol. The van der Waals surface area contributed by atoms with Crippen LogP contribution in [0.1, 0.15) is 24.1 Å². The minimum Gasteiger partial charge on any atom is -0.339 e. The molecule has 0 heterocycles. The maximum atomic E-state index is 12.4. The van der Waals surface area contributed by atoms with Gasteiger partial charge in [-0.3, -0.25) is 4.79 Å². The fourth-order valence-electron chi connectivity index (χ4n) is 2.09. The maximum absolute atomic E-state index is 12.4. The first-order valence-electron chi connectivity index (χ1n) is 6.76. The summed E-state index contributed by atoms with van der Waals surface area (Å²) in [5.74, 6) is 0.0874. The van der Waals surface area contributed by atoms with E-state index in [4.69, 9.17) is 11.6 Å². The molecule has 1 amide bonds. The molecule has 110 valence electrons. The minimum atomic E-state index is 0.0129. The van der Waals surface area contributed by atoms with Crippen LogP contribution in [0, 0.1) is 0 Å². The average molecular weight is 320 g/mol. The van der Waals surface area contributed by atoms with E-state index in [0.717, 1.165) is 16.0 Å². The van der Waals surface area contributed by atoms with Crippen LogP contribution in [0.3, 0.4) is 0 Å². The van der Waals surface area contributed by atoms with Gasteiger partial charge in [0.25, 0.3) is 0 Å². The van der Waals surface area contributed by atoms with Gasteiger partial charge in [0.2, 0.25) is 5.91 Å². The second-order valence-electron chi connectivity index (χ2n) is 5.08. The third-order valence-electron chi connectivity index (χ3n) is 3.62. The number of rotatable bonds is 4. The van der Waals surface area contributed by atoms with Crippen LogP contribution in [0.15, 0.2) is 53.4 Å². The van der Waals surface area contributed by atoms with Gasteiger partial charge in [0.1, 0.15) is 0 Å². The molecule has 0 bridgehead atoms. The lowest BCUT2D eigenvalue weighted by atomic mass is 10.1. The van der Waals surface area contributed by atoms with E-state index < -0.39 is 0 Å². The van der Waals surface area contributed by atoms with Crippen molar-refractivity contribution in [1.29, 1.82) is 0 Å². The summed E-state index contributed by atoms with van der Waals surface area (Å²) in [6.07, 6.45) is 0.391. The first kappa shape index (κ1) is 15.9. The van der Waals surface area contributed by atoms with Crippen LogP contribution in [0.4, 0.5) is 0 Å². The van der Waals surface area contributed by atoms with Crippen molar-refractivity contribution in [2.75, 3.05) is 7.05 Å². The summed E-state index contributed by atoms with van der Waals surface area (Å²) >= 11 is 10.1. The molecule has 0 fully saturated rings. The largest absolute Gasteiger partial charge is 0.339 e. The highest BCUT2D eigenvalue weighted by Crippen LogP contribution is 2.21. The number of nitrogens with zero attached hydrogens (tertiary/aromatic N) is 1. The molecule has 21 heavy (non-hydrogen) atoms. The number of carbonyl (C=O) groups excluding carboxylic acids is 1. The van der Waals surface area contributed by atoms with E-state index in [1.165, 1.54) is 0 Å². The van der Waals surface area contributed by atoms with Crippen molar-refractivity contribution in [3.63, 3.8) is 0 Å². The summed E-state index contributed by atoms with van der Waals surface area (Å²) in [5.41, 5.74) is 2.06. The molecule has 4 heteroatoms. The van der Waals surface area contributed by atoms with Crippen molar-refractivity contribution < 1.29 is 4.79 Å². The Bertz CT molecular complexity index is 610. The van der Waals surface area contributed by atoms with Crippen molar-refractivity contribution in [2.24, 2.45) is 0 Å². The van der Waals surface area contributed by atoms with Crippen LogP contribution in [-0.4, -0.2) is 17.9 Å². The van der Waals surface area contributed by atoms with Gasteiger partial charge in [-0.05, 0) is 42.3 Å². The summed E-state index contributed by atoms with van der Waals surface area (Å²) in [7, 11) is 1.83. The molecular formula is C17H18ClNOS. The number of halogens is 1. The highest BCUT2D eigenvalue weighted by Gasteiger charge is 2.17. The van der Waals surface area contributed by atoms with E-state index in [1.54, 1.807) is 4.90 Å². The molecule has 2 aromatic rings. The highest BCUT2D eigenvalue weighted by molar-refractivity contribution is 7.80. The van der Waals surface area contributed by atoms with E-state index in [-0.39, 0.29) is 11.9 Å². The Kier molecular flexibility index (Phi) is 5.32. The number of likely N-dealkylation sites (N-methyl/N-ethyl adjacent to an activating group) is 1. The summed E-state index contributed by atoms with van der Waals surface area (Å²) in [5, 5.41) is 0.701. The van der Waals surface area contributed by atoms with Crippen LogP contribution < -0.4 is 0 Å². The van der Waals surface area contributed by atoms with Gasteiger partial charge in [0.05, 0.1) is 12.5 Å². The third kappa shape index (κ3) is 4.26. The second-order valence-corrected chi connectivity index (χ2v) is 6.03. The van der Waals surface area contributed by atoms with Crippen LogP contribution >= 0.6 is 24.2 Å². The SMILES string of the molecule is CC(c1ccc(Cl)cc1)N(C)C(=O)Cc1ccc(S)cc1. The van der Waals surface area contributed by atoms with Gasteiger partial charge in [0, 0.05) is 17.0 Å². The van der Waals surface area contributed by atoms with Crippen LogP contribution in [0.5, 0.6) is 0 Å². The lowest BCUT2D eigenvalue weighted by Crippen LogP contribution is -2.30. The molecule has 0 radical (unpaired) electrons. The number of hydrogen-bond acceptors (Lipinski definition) is 2. The highest BCUT2D eigenvalue weighted by atomic mass is 35.5. The fraction of sp³-hybridized carbons (Fsp3) is 0.235. The van der Waals surface area contributed by atoms with Crippen LogP contribution in [0.2, 0.25) is 5.02 Å². The number of amides is 1. The zero-order valence-corrected chi connectivity index (χ0v) is 13.7. The van der Waals surface area contributed by atoms with Crippen molar-refractivity contribution >= 4 is 30.1 Å². The van der Waals surface area contributed by atoms with Crippen molar-refractivity contribution in [3.05, 3.63) is 64.7 Å². The van der Waals surface area contributed by atoms with Crippen LogP contribution in [0.25, 0.3) is 0 Å². The third-order valence-corrected chi connectivity index (χ3v) is 4.17. The molecule has 0 saturated heterocycles. The molecule has 0 saturated carbocycles. The summed E-state index contributed by atoms with van der Waals surface area (Å²) in [6.45, 7) is 2.01. The smallest absolute Gasteiger partial charge is 0.227 e. The Balaban J connectivity index is 2.04. The Labute approximate surface area is 136 Å². The van der Waals surface area contributed by atoms with E-state index in [1.807, 2.05) is 62.5 Å². The van der Waals surface area contributed by atoms with Crippen molar-refractivity contribution in [1.82, 2.24) is 4.90 Å². The van der Waals surface area contributed by atoms with E-state index in [9.17, 15) is 4.79 Å². The normalized spacial score (nSPS) is 12.0. The lowest BCUT2D eigenvalue weighted by molar-refractivity contribution is -0.131. The monoisotopic (exact) mass is 319 g/mol.